The third-order valence-corrected chi connectivity index (χ3v) is 3.28. The predicted octanol–water partition coefficient (Wildman–Crippen LogP) is 2.82. The first kappa shape index (κ1) is 15.5. The van der Waals surface area contributed by atoms with Crippen molar-refractivity contribution < 1.29 is 9.90 Å². The minimum absolute atomic E-state index is 0.0416. The molecule has 1 N–H and O–H groups in total. The molecule has 6 heteroatoms. The topological polar surface area (TPSA) is 58.4 Å². The summed E-state index contributed by atoms with van der Waals surface area (Å²) < 4.78 is 1.76. The highest BCUT2D eigenvalue weighted by Gasteiger charge is 2.11. The monoisotopic (exact) mass is 307 g/mol. The number of benzene rings is 1. The van der Waals surface area contributed by atoms with Gasteiger partial charge in [0.25, 0.3) is 0 Å². The van der Waals surface area contributed by atoms with Crippen molar-refractivity contribution in [2.45, 2.75) is 19.9 Å². The molecule has 0 radical (unpaired) electrons. The maximum Gasteiger partial charge on any atom is 0.317 e. The Labute approximate surface area is 128 Å². The highest BCUT2D eigenvalue weighted by atomic mass is 35.5. The Morgan fingerprint density at radius 1 is 1.38 bits per heavy atom. The van der Waals surface area contributed by atoms with Gasteiger partial charge in [-0.3, -0.25) is 9.69 Å². The molecule has 0 saturated carbocycles. The largest absolute Gasteiger partial charge is 0.480 e. The molecular weight excluding hydrogens is 290 g/mol. The highest BCUT2D eigenvalue weighted by molar-refractivity contribution is 6.30. The summed E-state index contributed by atoms with van der Waals surface area (Å²) in [5.41, 5.74) is 1.91. The lowest BCUT2D eigenvalue weighted by molar-refractivity contribution is -0.138. The van der Waals surface area contributed by atoms with Crippen LogP contribution in [0.15, 0.2) is 36.7 Å². The summed E-state index contributed by atoms with van der Waals surface area (Å²) in [6, 6.07) is 7.40. The molecule has 2 aromatic rings. The standard InChI is InChI=1S/C15H18ClN3O2/c1-2-7-18(11-15(20)21)9-12-8-17-19(10-12)14-5-3-13(16)4-6-14/h3-6,8,10H,2,7,9,11H2,1H3,(H,20,21). The summed E-state index contributed by atoms with van der Waals surface area (Å²) in [5.74, 6) is -0.812. The number of hydrogen-bond donors (Lipinski definition) is 1. The quantitative estimate of drug-likeness (QED) is 0.854. The van der Waals surface area contributed by atoms with Crippen molar-refractivity contribution >= 4 is 17.6 Å². The molecule has 0 amide bonds. The number of carboxylic acid groups (broad SMARTS) is 1. The number of carboxylic acids is 1. The number of halogens is 1. The van der Waals surface area contributed by atoms with Crippen LogP contribution >= 0.6 is 11.6 Å². The summed E-state index contributed by atoms with van der Waals surface area (Å²) in [4.78, 5) is 12.8. The van der Waals surface area contributed by atoms with Crippen LogP contribution in [0.5, 0.6) is 0 Å². The fourth-order valence-electron chi connectivity index (χ4n) is 2.16. The third kappa shape index (κ3) is 4.58. The Morgan fingerprint density at radius 3 is 2.71 bits per heavy atom. The molecular formula is C15H18ClN3O2. The van der Waals surface area contributed by atoms with Crippen LogP contribution in [0.1, 0.15) is 18.9 Å². The van der Waals surface area contributed by atoms with E-state index >= 15 is 0 Å². The maximum atomic E-state index is 10.9. The molecule has 1 heterocycles. The Hall–Kier alpha value is -1.85. The molecule has 5 nitrogen and oxygen atoms in total. The molecule has 1 aromatic heterocycles. The molecule has 0 saturated heterocycles. The van der Waals surface area contributed by atoms with Gasteiger partial charge in [-0.2, -0.15) is 5.10 Å². The predicted molar refractivity (Wildman–Crippen MR) is 81.8 cm³/mol. The molecule has 112 valence electrons. The molecule has 0 aliphatic heterocycles. The van der Waals surface area contributed by atoms with Crippen LogP contribution in [-0.2, 0) is 11.3 Å². The zero-order chi connectivity index (χ0) is 15.2. The Balaban J connectivity index is 2.07. The second-order valence-corrected chi connectivity index (χ2v) is 5.31. The van der Waals surface area contributed by atoms with Gasteiger partial charge in [-0.1, -0.05) is 18.5 Å². The van der Waals surface area contributed by atoms with Crippen LogP contribution in [0, 0.1) is 0 Å². The molecule has 0 unspecified atom stereocenters. The Morgan fingerprint density at radius 2 is 2.10 bits per heavy atom. The third-order valence-electron chi connectivity index (χ3n) is 3.03. The number of rotatable bonds is 7. The number of nitrogens with zero attached hydrogens (tertiary/aromatic N) is 3. The van der Waals surface area contributed by atoms with Gasteiger partial charge in [0.1, 0.15) is 0 Å². The van der Waals surface area contributed by atoms with Crippen LogP contribution in [0.2, 0.25) is 5.02 Å². The lowest BCUT2D eigenvalue weighted by Gasteiger charge is -2.18. The minimum Gasteiger partial charge on any atom is -0.480 e. The van der Waals surface area contributed by atoms with Gasteiger partial charge in [0.2, 0.25) is 0 Å². The van der Waals surface area contributed by atoms with E-state index in [2.05, 4.69) is 5.10 Å². The fourth-order valence-corrected chi connectivity index (χ4v) is 2.28. The number of carbonyl (C=O) groups is 1. The first-order chi connectivity index (χ1) is 10.1. The lowest BCUT2D eigenvalue weighted by Crippen LogP contribution is -2.29. The van der Waals surface area contributed by atoms with E-state index in [0.29, 0.717) is 11.6 Å². The molecule has 0 aliphatic carbocycles. The summed E-state index contributed by atoms with van der Waals surface area (Å²) >= 11 is 5.86. The first-order valence-electron chi connectivity index (χ1n) is 6.82. The van der Waals surface area contributed by atoms with Gasteiger partial charge in [-0.05, 0) is 37.2 Å². The van der Waals surface area contributed by atoms with E-state index < -0.39 is 5.97 Å². The zero-order valence-electron chi connectivity index (χ0n) is 11.9. The molecule has 0 fully saturated rings. The van der Waals surface area contributed by atoms with Gasteiger partial charge >= 0.3 is 5.97 Å². The van der Waals surface area contributed by atoms with Crippen molar-refractivity contribution in [3.8, 4) is 5.69 Å². The van der Waals surface area contributed by atoms with Crippen LogP contribution in [0.25, 0.3) is 5.69 Å². The SMILES string of the molecule is CCCN(CC(=O)O)Cc1cnn(-c2ccc(Cl)cc2)c1. The fraction of sp³-hybridized carbons (Fsp3) is 0.333. The normalized spacial score (nSPS) is 11.0. The Kier molecular flexibility index (Phi) is 5.36. The zero-order valence-corrected chi connectivity index (χ0v) is 12.6. The van der Waals surface area contributed by atoms with Crippen LogP contribution in [0.3, 0.4) is 0 Å². The van der Waals surface area contributed by atoms with Gasteiger partial charge < -0.3 is 5.11 Å². The van der Waals surface area contributed by atoms with Gasteiger partial charge in [-0.15, -0.1) is 0 Å². The minimum atomic E-state index is -0.812. The van der Waals surface area contributed by atoms with Gasteiger partial charge in [0, 0.05) is 23.3 Å². The summed E-state index contributed by atoms with van der Waals surface area (Å²) in [6.07, 6.45) is 4.59. The van der Waals surface area contributed by atoms with Crippen LogP contribution < -0.4 is 0 Å². The molecule has 0 bridgehead atoms. The number of aliphatic carboxylic acids is 1. The van der Waals surface area contributed by atoms with E-state index in [9.17, 15) is 4.79 Å². The van der Waals surface area contributed by atoms with Crippen molar-refractivity contribution in [2.75, 3.05) is 13.1 Å². The smallest absolute Gasteiger partial charge is 0.317 e. The average Bonchev–Trinajstić information content (AvgIpc) is 2.87. The van der Waals surface area contributed by atoms with E-state index in [4.69, 9.17) is 16.7 Å². The molecule has 1 aromatic carbocycles. The van der Waals surface area contributed by atoms with E-state index in [0.717, 1.165) is 24.2 Å². The van der Waals surface area contributed by atoms with Crippen molar-refractivity contribution in [2.24, 2.45) is 0 Å². The number of hydrogen-bond acceptors (Lipinski definition) is 3. The van der Waals surface area contributed by atoms with Crippen molar-refractivity contribution in [3.05, 3.63) is 47.2 Å². The van der Waals surface area contributed by atoms with E-state index in [1.54, 1.807) is 10.9 Å². The maximum absolute atomic E-state index is 10.9. The average molecular weight is 308 g/mol. The molecule has 2 rings (SSSR count). The van der Waals surface area contributed by atoms with Crippen LogP contribution in [0.4, 0.5) is 0 Å². The van der Waals surface area contributed by atoms with Crippen molar-refractivity contribution in [3.63, 3.8) is 0 Å². The Bertz CT molecular complexity index is 595. The molecule has 0 aliphatic rings. The number of aromatic nitrogens is 2. The van der Waals surface area contributed by atoms with Gasteiger partial charge in [-0.25, -0.2) is 4.68 Å². The van der Waals surface area contributed by atoms with Gasteiger partial charge in [0.15, 0.2) is 0 Å². The molecule has 21 heavy (non-hydrogen) atoms. The second kappa shape index (κ2) is 7.24. The first-order valence-corrected chi connectivity index (χ1v) is 7.20. The molecule has 0 spiro atoms. The molecule has 0 atom stereocenters. The lowest BCUT2D eigenvalue weighted by atomic mass is 10.3. The van der Waals surface area contributed by atoms with Crippen molar-refractivity contribution in [1.29, 1.82) is 0 Å². The summed E-state index contributed by atoms with van der Waals surface area (Å²) in [7, 11) is 0. The van der Waals surface area contributed by atoms with E-state index in [1.807, 2.05) is 42.3 Å². The summed E-state index contributed by atoms with van der Waals surface area (Å²) in [6.45, 7) is 3.40. The van der Waals surface area contributed by atoms with E-state index in [-0.39, 0.29) is 6.54 Å². The van der Waals surface area contributed by atoms with Crippen LogP contribution in [-0.4, -0.2) is 38.8 Å². The van der Waals surface area contributed by atoms with E-state index in [1.165, 1.54) is 0 Å². The summed E-state index contributed by atoms with van der Waals surface area (Å²) in [5, 5.41) is 13.9. The van der Waals surface area contributed by atoms with Crippen molar-refractivity contribution in [1.82, 2.24) is 14.7 Å². The highest BCUT2D eigenvalue weighted by Crippen LogP contribution is 2.14. The second-order valence-electron chi connectivity index (χ2n) is 4.87. The van der Waals surface area contributed by atoms with Gasteiger partial charge in [0.05, 0.1) is 18.4 Å².